The van der Waals surface area contributed by atoms with Crippen LogP contribution in [0, 0.1) is 11.3 Å². The van der Waals surface area contributed by atoms with E-state index in [9.17, 15) is 0 Å². The third-order valence-electron chi connectivity index (χ3n) is 3.29. The van der Waals surface area contributed by atoms with E-state index in [1.807, 2.05) is 18.2 Å². The summed E-state index contributed by atoms with van der Waals surface area (Å²) in [5.74, 6) is 0. The normalized spacial score (nSPS) is 17.8. The van der Waals surface area contributed by atoms with Crippen LogP contribution in [-0.4, -0.2) is 6.10 Å². The highest BCUT2D eigenvalue weighted by Crippen LogP contribution is 2.27. The quantitative estimate of drug-likeness (QED) is 0.908. The van der Waals surface area contributed by atoms with Crippen LogP contribution in [0.25, 0.3) is 16.5 Å². The minimum Gasteiger partial charge on any atom is -0.269 e. The molecule has 0 bridgehead atoms. The molecule has 2 aromatic rings. The lowest BCUT2D eigenvalue weighted by molar-refractivity contribution is 0.0477. The molecule has 94 valence electrons. The number of hydroxylamine groups is 1. The van der Waals surface area contributed by atoms with E-state index in [1.54, 1.807) is 0 Å². The van der Waals surface area contributed by atoms with Gasteiger partial charge in [-0.25, -0.2) is 0 Å². The van der Waals surface area contributed by atoms with Crippen molar-refractivity contribution in [2.75, 3.05) is 0 Å². The molecule has 2 aromatic carbocycles. The number of fused-ring (bicyclic) bond motifs is 1. The van der Waals surface area contributed by atoms with Crippen molar-refractivity contribution in [3.63, 3.8) is 0 Å². The van der Waals surface area contributed by atoms with Gasteiger partial charge in [-0.15, -0.1) is 0 Å². The summed E-state index contributed by atoms with van der Waals surface area (Å²) < 4.78 is 0. The zero-order chi connectivity index (χ0) is 13.1. The first kappa shape index (κ1) is 11.8. The first-order valence-electron chi connectivity index (χ1n) is 6.37. The molecule has 1 unspecified atom stereocenters. The lowest BCUT2D eigenvalue weighted by Gasteiger charge is -2.07. The molecule has 1 N–H and O–H groups in total. The summed E-state index contributed by atoms with van der Waals surface area (Å²) >= 11 is 0. The van der Waals surface area contributed by atoms with Gasteiger partial charge in [-0.05, 0) is 23.3 Å². The second kappa shape index (κ2) is 5.13. The molecule has 1 atom stereocenters. The van der Waals surface area contributed by atoms with Crippen LogP contribution in [0.15, 0.2) is 48.5 Å². The van der Waals surface area contributed by atoms with Crippen LogP contribution in [0.2, 0.25) is 0 Å². The number of hydrogen-bond donors (Lipinski definition) is 1. The lowest BCUT2D eigenvalue weighted by atomic mass is 10.0. The van der Waals surface area contributed by atoms with Crippen LogP contribution < -0.4 is 5.48 Å². The molecular formula is C16H14N2O. The Bertz CT molecular complexity index is 664. The van der Waals surface area contributed by atoms with E-state index in [-0.39, 0.29) is 6.10 Å². The molecule has 0 aliphatic carbocycles. The van der Waals surface area contributed by atoms with Gasteiger partial charge in [-0.3, -0.25) is 10.3 Å². The zero-order valence-corrected chi connectivity index (χ0v) is 10.5. The Balaban J connectivity index is 1.95. The average Bonchev–Trinajstić information content (AvgIpc) is 2.93. The van der Waals surface area contributed by atoms with E-state index in [2.05, 4.69) is 41.9 Å². The van der Waals surface area contributed by atoms with Crippen molar-refractivity contribution in [2.45, 2.75) is 18.9 Å². The van der Waals surface area contributed by atoms with Gasteiger partial charge in [0.25, 0.3) is 0 Å². The smallest absolute Gasteiger partial charge is 0.107 e. The summed E-state index contributed by atoms with van der Waals surface area (Å²) in [5.41, 5.74) is 5.10. The molecule has 1 heterocycles. The van der Waals surface area contributed by atoms with E-state index in [1.165, 1.54) is 10.8 Å². The van der Waals surface area contributed by atoms with Crippen LogP contribution in [0.1, 0.15) is 18.4 Å². The fourth-order valence-corrected chi connectivity index (χ4v) is 2.35. The number of rotatable bonds is 3. The Kier molecular flexibility index (Phi) is 3.18. The molecule has 0 spiro atoms. The molecule has 3 nitrogen and oxygen atoms in total. The van der Waals surface area contributed by atoms with Crippen molar-refractivity contribution < 1.29 is 4.84 Å². The lowest BCUT2D eigenvalue weighted by Crippen LogP contribution is -2.11. The molecule has 0 amide bonds. The van der Waals surface area contributed by atoms with E-state index in [4.69, 9.17) is 10.1 Å². The van der Waals surface area contributed by atoms with Crippen molar-refractivity contribution in [1.82, 2.24) is 5.48 Å². The molecule has 1 aliphatic rings. The van der Waals surface area contributed by atoms with Crippen molar-refractivity contribution in [1.29, 1.82) is 5.26 Å². The van der Waals surface area contributed by atoms with E-state index >= 15 is 0 Å². The fraction of sp³-hybridized carbons (Fsp3) is 0.188. The van der Waals surface area contributed by atoms with Gasteiger partial charge in [-0.2, -0.15) is 5.26 Å². The zero-order valence-electron chi connectivity index (χ0n) is 10.5. The second-order valence-corrected chi connectivity index (χ2v) is 4.56. The summed E-state index contributed by atoms with van der Waals surface area (Å²) in [7, 11) is 0. The molecule has 1 aliphatic heterocycles. The van der Waals surface area contributed by atoms with Crippen LogP contribution in [0.4, 0.5) is 0 Å². The van der Waals surface area contributed by atoms with E-state index in [0.29, 0.717) is 6.42 Å². The van der Waals surface area contributed by atoms with Crippen molar-refractivity contribution in [3.8, 4) is 6.07 Å². The predicted molar refractivity (Wildman–Crippen MR) is 74.8 cm³/mol. The Morgan fingerprint density at radius 2 is 2.00 bits per heavy atom. The molecule has 0 fully saturated rings. The minimum absolute atomic E-state index is 0.0198. The average molecular weight is 250 g/mol. The summed E-state index contributed by atoms with van der Waals surface area (Å²) in [6.45, 7) is 0. The van der Waals surface area contributed by atoms with Gasteiger partial charge in [-0.1, -0.05) is 42.5 Å². The minimum atomic E-state index is -0.0198. The third-order valence-corrected chi connectivity index (χ3v) is 3.29. The van der Waals surface area contributed by atoms with Gasteiger partial charge in [0.1, 0.15) is 6.10 Å². The first-order valence-corrected chi connectivity index (χ1v) is 6.37. The predicted octanol–water partition coefficient (Wildman–Crippen LogP) is 3.39. The maximum Gasteiger partial charge on any atom is 0.107 e. The maximum atomic E-state index is 8.60. The number of nitriles is 1. The SMILES string of the molecule is N#CCCC1C=C(c2cccc3ccccc23)NO1. The molecule has 3 rings (SSSR count). The van der Waals surface area contributed by atoms with E-state index < -0.39 is 0 Å². The second-order valence-electron chi connectivity index (χ2n) is 4.56. The highest BCUT2D eigenvalue weighted by molar-refractivity contribution is 5.93. The monoisotopic (exact) mass is 250 g/mol. The molecule has 19 heavy (non-hydrogen) atoms. The molecular weight excluding hydrogens is 236 g/mol. The van der Waals surface area contributed by atoms with Gasteiger partial charge >= 0.3 is 0 Å². The van der Waals surface area contributed by atoms with Crippen LogP contribution in [0.3, 0.4) is 0 Å². The number of nitrogens with one attached hydrogen (secondary N) is 1. The van der Waals surface area contributed by atoms with Crippen molar-refractivity contribution in [2.24, 2.45) is 0 Å². The van der Waals surface area contributed by atoms with E-state index in [0.717, 1.165) is 17.7 Å². The summed E-state index contributed by atoms with van der Waals surface area (Å²) in [5, 5.41) is 11.0. The largest absolute Gasteiger partial charge is 0.269 e. The van der Waals surface area contributed by atoms with Crippen molar-refractivity contribution >= 4 is 16.5 Å². The number of benzene rings is 2. The first-order chi connectivity index (χ1) is 9.38. The maximum absolute atomic E-state index is 8.60. The molecule has 0 radical (unpaired) electrons. The highest BCUT2D eigenvalue weighted by Gasteiger charge is 2.18. The number of nitrogens with zero attached hydrogens (tertiary/aromatic N) is 1. The third kappa shape index (κ3) is 2.31. The van der Waals surface area contributed by atoms with Gasteiger partial charge in [0.15, 0.2) is 0 Å². The topological polar surface area (TPSA) is 45.0 Å². The molecule has 0 saturated carbocycles. The Labute approximate surface area is 112 Å². The molecule has 0 aromatic heterocycles. The van der Waals surface area contributed by atoms with Crippen LogP contribution in [-0.2, 0) is 4.84 Å². The molecule has 0 saturated heterocycles. The van der Waals surface area contributed by atoms with Crippen LogP contribution in [0.5, 0.6) is 0 Å². The fourth-order valence-electron chi connectivity index (χ4n) is 2.35. The standard InChI is InChI=1S/C16H14N2O/c17-10-4-7-13-11-16(18-19-13)15-9-3-6-12-5-1-2-8-14(12)15/h1-3,5-6,8-9,11,13,18H,4,7H2. The number of hydrogen-bond acceptors (Lipinski definition) is 3. The van der Waals surface area contributed by atoms with Gasteiger partial charge in [0.05, 0.1) is 11.8 Å². The Morgan fingerprint density at radius 1 is 1.16 bits per heavy atom. The summed E-state index contributed by atoms with van der Waals surface area (Å²) in [6, 6.07) is 16.6. The Morgan fingerprint density at radius 3 is 2.89 bits per heavy atom. The van der Waals surface area contributed by atoms with Gasteiger partial charge in [0.2, 0.25) is 0 Å². The van der Waals surface area contributed by atoms with Crippen molar-refractivity contribution in [3.05, 3.63) is 54.1 Å². The van der Waals surface area contributed by atoms with Gasteiger partial charge < -0.3 is 0 Å². The highest BCUT2D eigenvalue weighted by atomic mass is 16.7. The Hall–Kier alpha value is -2.31. The summed E-state index contributed by atoms with van der Waals surface area (Å²) in [4.78, 5) is 5.48. The van der Waals surface area contributed by atoms with Gasteiger partial charge in [0, 0.05) is 12.0 Å². The molecule has 3 heteroatoms. The van der Waals surface area contributed by atoms with Crippen LogP contribution >= 0.6 is 0 Å². The summed E-state index contributed by atoms with van der Waals surface area (Å²) in [6.07, 6.45) is 3.26.